The Bertz CT molecular complexity index is 164. The molecule has 2 atom stereocenters. The van der Waals surface area contributed by atoms with Crippen LogP contribution in [0.4, 0.5) is 0 Å². The van der Waals surface area contributed by atoms with Crippen molar-refractivity contribution < 1.29 is 4.74 Å². The van der Waals surface area contributed by atoms with E-state index >= 15 is 0 Å². The standard InChI is InChI=1S/C13H25NO/c1-3-4-5-7-12(14-2)9-10-13-8-6-11-15-13/h3,12-14H,1,4-11H2,2H3. The maximum Gasteiger partial charge on any atom is 0.0576 e. The highest BCUT2D eigenvalue weighted by molar-refractivity contribution is 4.73. The molecular weight excluding hydrogens is 186 g/mol. The minimum absolute atomic E-state index is 0.542. The molecule has 0 spiro atoms. The SMILES string of the molecule is C=CCCCC(CCC1CCCO1)NC. The quantitative estimate of drug-likeness (QED) is 0.492. The Labute approximate surface area is 94.1 Å². The maximum absolute atomic E-state index is 5.63. The molecule has 15 heavy (non-hydrogen) atoms. The van der Waals surface area contributed by atoms with Crippen molar-refractivity contribution in [3.8, 4) is 0 Å². The number of hydrogen-bond acceptors (Lipinski definition) is 2. The van der Waals surface area contributed by atoms with E-state index in [0.717, 1.165) is 13.0 Å². The van der Waals surface area contributed by atoms with Gasteiger partial charge in [0.2, 0.25) is 0 Å². The summed E-state index contributed by atoms with van der Waals surface area (Å²) in [6.07, 6.45) is 11.2. The van der Waals surface area contributed by atoms with Crippen molar-refractivity contribution in [3.63, 3.8) is 0 Å². The number of rotatable bonds is 8. The Morgan fingerprint density at radius 2 is 2.40 bits per heavy atom. The van der Waals surface area contributed by atoms with Gasteiger partial charge in [0.15, 0.2) is 0 Å². The van der Waals surface area contributed by atoms with Crippen LogP contribution in [0.1, 0.15) is 44.9 Å². The molecule has 0 radical (unpaired) electrons. The fraction of sp³-hybridized carbons (Fsp3) is 0.846. The van der Waals surface area contributed by atoms with Crippen LogP contribution in [0.25, 0.3) is 0 Å². The monoisotopic (exact) mass is 211 g/mol. The summed E-state index contributed by atoms with van der Waals surface area (Å²) in [6.45, 7) is 4.73. The molecule has 0 amide bonds. The fourth-order valence-corrected chi connectivity index (χ4v) is 2.20. The summed E-state index contributed by atoms with van der Waals surface area (Å²) >= 11 is 0. The molecular formula is C13H25NO. The van der Waals surface area contributed by atoms with Crippen molar-refractivity contribution in [1.82, 2.24) is 5.32 Å². The first kappa shape index (κ1) is 12.7. The number of nitrogens with one attached hydrogen (secondary N) is 1. The minimum atomic E-state index is 0.542. The molecule has 2 heteroatoms. The van der Waals surface area contributed by atoms with E-state index < -0.39 is 0 Å². The first-order valence-electron chi connectivity index (χ1n) is 6.26. The van der Waals surface area contributed by atoms with Crippen LogP contribution < -0.4 is 5.32 Å². The van der Waals surface area contributed by atoms with E-state index in [4.69, 9.17) is 4.74 Å². The molecule has 0 aliphatic carbocycles. The lowest BCUT2D eigenvalue weighted by atomic mass is 10.0. The molecule has 88 valence electrons. The van der Waals surface area contributed by atoms with Crippen molar-refractivity contribution in [3.05, 3.63) is 12.7 Å². The third-order valence-corrected chi connectivity index (χ3v) is 3.23. The third kappa shape index (κ3) is 5.33. The van der Waals surface area contributed by atoms with Gasteiger partial charge in [0.25, 0.3) is 0 Å². The van der Waals surface area contributed by atoms with Gasteiger partial charge < -0.3 is 10.1 Å². The van der Waals surface area contributed by atoms with E-state index in [2.05, 4.69) is 18.9 Å². The number of hydrogen-bond donors (Lipinski definition) is 1. The zero-order chi connectivity index (χ0) is 10.9. The lowest BCUT2D eigenvalue weighted by Crippen LogP contribution is -2.26. The van der Waals surface area contributed by atoms with Crippen molar-refractivity contribution >= 4 is 0 Å². The lowest BCUT2D eigenvalue weighted by Gasteiger charge is -2.17. The second-order valence-corrected chi connectivity index (χ2v) is 4.42. The number of ether oxygens (including phenoxy) is 1. The molecule has 0 bridgehead atoms. The van der Waals surface area contributed by atoms with E-state index in [0.29, 0.717) is 12.1 Å². The summed E-state index contributed by atoms with van der Waals surface area (Å²) in [5.41, 5.74) is 0. The molecule has 1 rings (SSSR count). The zero-order valence-corrected chi connectivity index (χ0v) is 10.0. The highest BCUT2D eigenvalue weighted by Gasteiger charge is 2.16. The van der Waals surface area contributed by atoms with Gasteiger partial charge in [-0.3, -0.25) is 0 Å². The van der Waals surface area contributed by atoms with Crippen molar-refractivity contribution in [1.29, 1.82) is 0 Å². The minimum Gasteiger partial charge on any atom is -0.378 e. The normalized spacial score (nSPS) is 22.9. The van der Waals surface area contributed by atoms with Crippen molar-refractivity contribution in [2.24, 2.45) is 0 Å². The predicted octanol–water partition coefficient (Wildman–Crippen LogP) is 2.89. The Morgan fingerprint density at radius 3 is 3.00 bits per heavy atom. The van der Waals surface area contributed by atoms with Crippen LogP contribution in [0, 0.1) is 0 Å². The summed E-state index contributed by atoms with van der Waals surface area (Å²) in [5, 5.41) is 3.40. The average molecular weight is 211 g/mol. The van der Waals surface area contributed by atoms with Gasteiger partial charge in [0, 0.05) is 12.6 Å². The molecule has 1 heterocycles. The van der Waals surface area contributed by atoms with Crippen LogP contribution in [0.2, 0.25) is 0 Å². The van der Waals surface area contributed by atoms with Gasteiger partial charge in [0.1, 0.15) is 0 Å². The first-order chi connectivity index (χ1) is 7.36. The second kappa shape index (κ2) is 7.89. The number of unbranched alkanes of at least 4 members (excludes halogenated alkanes) is 1. The number of allylic oxidation sites excluding steroid dienone is 1. The van der Waals surface area contributed by atoms with E-state index in [1.54, 1.807) is 0 Å². The topological polar surface area (TPSA) is 21.3 Å². The van der Waals surface area contributed by atoms with E-state index in [-0.39, 0.29) is 0 Å². The average Bonchev–Trinajstić information content (AvgIpc) is 2.76. The predicted molar refractivity (Wildman–Crippen MR) is 65.1 cm³/mol. The van der Waals surface area contributed by atoms with Crippen molar-refractivity contribution in [2.45, 2.75) is 57.1 Å². The summed E-state index contributed by atoms with van der Waals surface area (Å²) in [5.74, 6) is 0. The Balaban J connectivity index is 2.06. The molecule has 1 N–H and O–H groups in total. The van der Waals surface area contributed by atoms with Gasteiger partial charge in [-0.15, -0.1) is 6.58 Å². The van der Waals surface area contributed by atoms with Crippen LogP contribution in [0.5, 0.6) is 0 Å². The molecule has 0 aromatic carbocycles. The lowest BCUT2D eigenvalue weighted by molar-refractivity contribution is 0.0995. The van der Waals surface area contributed by atoms with Gasteiger partial charge in [-0.25, -0.2) is 0 Å². The Morgan fingerprint density at radius 1 is 1.53 bits per heavy atom. The fourth-order valence-electron chi connectivity index (χ4n) is 2.20. The highest BCUT2D eigenvalue weighted by atomic mass is 16.5. The Hall–Kier alpha value is -0.340. The summed E-state index contributed by atoms with van der Waals surface area (Å²) in [6, 6.07) is 0.661. The van der Waals surface area contributed by atoms with Crippen LogP contribution in [-0.4, -0.2) is 25.8 Å². The van der Waals surface area contributed by atoms with Crippen LogP contribution >= 0.6 is 0 Å². The van der Waals surface area contributed by atoms with E-state index in [1.165, 1.54) is 38.5 Å². The van der Waals surface area contributed by atoms with Crippen LogP contribution in [0.15, 0.2) is 12.7 Å². The first-order valence-corrected chi connectivity index (χ1v) is 6.26. The van der Waals surface area contributed by atoms with Crippen molar-refractivity contribution in [2.75, 3.05) is 13.7 Å². The van der Waals surface area contributed by atoms with Gasteiger partial charge in [-0.2, -0.15) is 0 Å². The zero-order valence-electron chi connectivity index (χ0n) is 10.0. The molecule has 1 saturated heterocycles. The molecule has 0 aromatic heterocycles. The molecule has 1 aliphatic heterocycles. The summed E-state index contributed by atoms with van der Waals surface area (Å²) in [4.78, 5) is 0. The van der Waals surface area contributed by atoms with Gasteiger partial charge >= 0.3 is 0 Å². The van der Waals surface area contributed by atoms with Gasteiger partial charge in [-0.05, 0) is 52.0 Å². The molecule has 2 nitrogen and oxygen atoms in total. The van der Waals surface area contributed by atoms with Gasteiger partial charge in [0.05, 0.1) is 6.10 Å². The Kier molecular flexibility index (Phi) is 6.69. The highest BCUT2D eigenvalue weighted by Crippen LogP contribution is 2.18. The largest absolute Gasteiger partial charge is 0.378 e. The van der Waals surface area contributed by atoms with E-state index in [1.807, 2.05) is 6.08 Å². The molecule has 0 aromatic rings. The van der Waals surface area contributed by atoms with E-state index in [9.17, 15) is 0 Å². The van der Waals surface area contributed by atoms with Crippen LogP contribution in [-0.2, 0) is 4.74 Å². The maximum atomic E-state index is 5.63. The summed E-state index contributed by atoms with van der Waals surface area (Å²) < 4.78 is 5.63. The molecule has 0 saturated carbocycles. The van der Waals surface area contributed by atoms with Gasteiger partial charge in [-0.1, -0.05) is 6.08 Å². The van der Waals surface area contributed by atoms with Crippen LogP contribution in [0.3, 0.4) is 0 Å². The summed E-state index contributed by atoms with van der Waals surface area (Å²) in [7, 11) is 2.06. The second-order valence-electron chi connectivity index (χ2n) is 4.42. The molecule has 1 aliphatic rings. The molecule has 1 fully saturated rings. The molecule has 2 unspecified atom stereocenters. The smallest absolute Gasteiger partial charge is 0.0576 e. The third-order valence-electron chi connectivity index (χ3n) is 3.23.